The van der Waals surface area contributed by atoms with E-state index >= 15 is 0 Å². The normalized spacial score (nSPS) is 20.1. The van der Waals surface area contributed by atoms with E-state index in [4.69, 9.17) is 4.98 Å². The van der Waals surface area contributed by atoms with Crippen molar-refractivity contribution in [3.8, 4) is 0 Å². The van der Waals surface area contributed by atoms with Crippen LogP contribution in [-0.4, -0.2) is 53.2 Å². The first kappa shape index (κ1) is 16.9. The van der Waals surface area contributed by atoms with Crippen LogP contribution in [0.4, 0.5) is 0 Å². The minimum Gasteiger partial charge on any atom is -0.345 e. The first-order valence-electron chi connectivity index (χ1n) is 9.53. The summed E-state index contributed by atoms with van der Waals surface area (Å²) in [5, 5.41) is 0. The Kier molecular flexibility index (Phi) is 4.03. The summed E-state index contributed by atoms with van der Waals surface area (Å²) in [5.41, 5.74) is 3.58. The van der Waals surface area contributed by atoms with Crippen LogP contribution >= 0.6 is 0 Å². The maximum atomic E-state index is 12.8. The number of amides is 1. The summed E-state index contributed by atoms with van der Waals surface area (Å²) in [4.78, 5) is 35.2. The Hall–Kier alpha value is -3.29. The number of imidazole rings is 1. The molecule has 4 aromatic rings. The van der Waals surface area contributed by atoms with Crippen LogP contribution in [0.5, 0.6) is 0 Å². The van der Waals surface area contributed by atoms with E-state index in [9.17, 15) is 4.79 Å². The van der Waals surface area contributed by atoms with Gasteiger partial charge in [0, 0.05) is 31.4 Å². The molecule has 1 unspecified atom stereocenters. The second-order valence-corrected chi connectivity index (χ2v) is 7.44. The first-order chi connectivity index (χ1) is 13.7. The predicted molar refractivity (Wildman–Crippen MR) is 104 cm³/mol. The molecular formula is C20H21N7O. The summed E-state index contributed by atoms with van der Waals surface area (Å²) < 4.78 is 2.17. The van der Waals surface area contributed by atoms with E-state index in [0.29, 0.717) is 18.9 Å². The molecule has 142 valence electrons. The van der Waals surface area contributed by atoms with Gasteiger partial charge in [0.1, 0.15) is 12.2 Å². The van der Waals surface area contributed by atoms with Gasteiger partial charge in [0.25, 0.3) is 0 Å². The smallest absolute Gasteiger partial charge is 0.228 e. The fourth-order valence-corrected chi connectivity index (χ4v) is 4.08. The molecule has 0 saturated carbocycles. The number of H-pyrrole nitrogens is 1. The summed E-state index contributed by atoms with van der Waals surface area (Å²) >= 11 is 0. The molecule has 1 N–H and O–H groups in total. The van der Waals surface area contributed by atoms with Crippen molar-refractivity contribution in [1.82, 2.24) is 34.2 Å². The van der Waals surface area contributed by atoms with Gasteiger partial charge in [0.05, 0.1) is 35.5 Å². The lowest BCUT2D eigenvalue weighted by Crippen LogP contribution is -2.43. The molecule has 5 rings (SSSR count). The highest BCUT2D eigenvalue weighted by Gasteiger charge is 2.33. The Labute approximate surface area is 161 Å². The fraction of sp³-hybridized carbons (Fsp3) is 0.350. The molecule has 8 heteroatoms. The molecule has 4 aromatic heterocycles. The molecule has 8 nitrogen and oxygen atoms in total. The molecule has 0 radical (unpaired) electrons. The number of carbonyl (C=O) groups is 1. The molecule has 0 bridgehead atoms. The van der Waals surface area contributed by atoms with Gasteiger partial charge in [-0.15, -0.1) is 0 Å². The van der Waals surface area contributed by atoms with E-state index in [-0.39, 0.29) is 11.8 Å². The number of hydrogen-bond donors (Lipinski definition) is 1. The zero-order valence-corrected chi connectivity index (χ0v) is 15.6. The highest BCUT2D eigenvalue weighted by molar-refractivity contribution is 5.78. The Bertz CT molecular complexity index is 1130. The van der Waals surface area contributed by atoms with E-state index in [1.165, 1.54) is 6.33 Å². The van der Waals surface area contributed by atoms with Crippen molar-refractivity contribution in [2.75, 3.05) is 13.1 Å². The molecule has 0 spiro atoms. The molecule has 2 atom stereocenters. The zero-order chi connectivity index (χ0) is 19.1. The maximum absolute atomic E-state index is 12.8. The van der Waals surface area contributed by atoms with E-state index < -0.39 is 0 Å². The average molecular weight is 375 g/mol. The largest absolute Gasteiger partial charge is 0.345 e. The molecule has 28 heavy (non-hydrogen) atoms. The van der Waals surface area contributed by atoms with Gasteiger partial charge in [-0.3, -0.25) is 9.20 Å². The van der Waals surface area contributed by atoms with Crippen molar-refractivity contribution >= 4 is 22.6 Å². The summed E-state index contributed by atoms with van der Waals surface area (Å²) in [7, 11) is 0. The van der Waals surface area contributed by atoms with Crippen LogP contribution in [0.25, 0.3) is 16.7 Å². The molecule has 0 aromatic carbocycles. The number of likely N-dealkylation sites (tertiary alicyclic amines) is 1. The Balaban J connectivity index is 1.45. The number of fused-ring (bicyclic) bond motifs is 3. The third kappa shape index (κ3) is 2.81. The molecular weight excluding hydrogens is 354 g/mol. The monoisotopic (exact) mass is 375 g/mol. The Morgan fingerprint density at radius 1 is 1.25 bits per heavy atom. The van der Waals surface area contributed by atoms with Crippen molar-refractivity contribution in [2.24, 2.45) is 5.92 Å². The minimum atomic E-state index is 0.102. The fourth-order valence-electron chi connectivity index (χ4n) is 4.08. The second-order valence-electron chi connectivity index (χ2n) is 7.44. The van der Waals surface area contributed by atoms with Crippen LogP contribution in [0.15, 0.2) is 43.2 Å². The quantitative estimate of drug-likeness (QED) is 0.593. The van der Waals surface area contributed by atoms with Gasteiger partial charge in [-0.05, 0) is 24.5 Å². The molecule has 1 saturated heterocycles. The van der Waals surface area contributed by atoms with Gasteiger partial charge in [-0.25, -0.2) is 19.9 Å². The van der Waals surface area contributed by atoms with Gasteiger partial charge in [0.15, 0.2) is 5.65 Å². The van der Waals surface area contributed by atoms with E-state index in [2.05, 4.69) is 31.3 Å². The summed E-state index contributed by atoms with van der Waals surface area (Å²) in [6, 6.07) is 3.81. The lowest BCUT2D eigenvalue weighted by molar-refractivity contribution is -0.132. The highest BCUT2D eigenvalue weighted by atomic mass is 16.2. The average Bonchev–Trinajstić information content (AvgIpc) is 3.35. The number of piperidine rings is 1. The van der Waals surface area contributed by atoms with Crippen LogP contribution < -0.4 is 0 Å². The van der Waals surface area contributed by atoms with Crippen molar-refractivity contribution in [2.45, 2.75) is 25.7 Å². The Morgan fingerprint density at radius 2 is 2.14 bits per heavy atom. The number of carbonyl (C=O) groups excluding carboxylic acids is 1. The predicted octanol–water partition coefficient (Wildman–Crippen LogP) is 2.20. The van der Waals surface area contributed by atoms with Gasteiger partial charge in [0.2, 0.25) is 5.91 Å². The van der Waals surface area contributed by atoms with Crippen LogP contribution in [-0.2, 0) is 11.2 Å². The van der Waals surface area contributed by atoms with Crippen molar-refractivity contribution in [3.05, 3.63) is 54.8 Å². The van der Waals surface area contributed by atoms with E-state index in [1.807, 2.05) is 29.6 Å². The highest BCUT2D eigenvalue weighted by Crippen LogP contribution is 2.33. The van der Waals surface area contributed by atoms with Crippen molar-refractivity contribution in [3.63, 3.8) is 0 Å². The molecule has 1 aliphatic rings. The first-order valence-corrected chi connectivity index (χ1v) is 9.53. The number of aromatic amines is 1. The van der Waals surface area contributed by atoms with Crippen LogP contribution in [0.1, 0.15) is 30.8 Å². The van der Waals surface area contributed by atoms with Gasteiger partial charge in [-0.2, -0.15) is 0 Å². The van der Waals surface area contributed by atoms with Crippen molar-refractivity contribution < 1.29 is 4.79 Å². The summed E-state index contributed by atoms with van der Waals surface area (Å²) in [6.45, 7) is 3.68. The second kappa shape index (κ2) is 6.70. The van der Waals surface area contributed by atoms with E-state index in [1.54, 1.807) is 12.3 Å². The maximum Gasteiger partial charge on any atom is 0.228 e. The number of nitrogens with one attached hydrogen (secondary N) is 1. The Morgan fingerprint density at radius 3 is 3.00 bits per heavy atom. The lowest BCUT2D eigenvalue weighted by Gasteiger charge is -2.36. The summed E-state index contributed by atoms with van der Waals surface area (Å²) in [5.74, 6) is 1.71. The van der Waals surface area contributed by atoms with Gasteiger partial charge in [-0.1, -0.05) is 6.92 Å². The number of nitrogens with zero attached hydrogens (tertiary/aromatic N) is 6. The molecule has 1 aliphatic heterocycles. The number of rotatable bonds is 3. The van der Waals surface area contributed by atoms with E-state index in [0.717, 1.165) is 41.2 Å². The molecule has 1 fully saturated rings. The van der Waals surface area contributed by atoms with Crippen molar-refractivity contribution in [1.29, 1.82) is 0 Å². The number of aromatic nitrogens is 6. The molecule has 5 heterocycles. The standard InChI is InChI=1S/C20H21N7O/c1-13-4-7-26(18(28)8-14-2-5-21-12-25-14)11-16(13)20-24-10-15-9-23-19-17(27(15)20)3-6-22-19/h2-3,5-6,9-10,12-13,16,22H,4,7-8,11H2,1H3/t13-,16?/m1/s1. The number of hydrogen-bond acceptors (Lipinski definition) is 5. The minimum absolute atomic E-state index is 0.102. The van der Waals surface area contributed by atoms with Gasteiger partial charge < -0.3 is 9.88 Å². The molecule has 0 aliphatic carbocycles. The van der Waals surface area contributed by atoms with Gasteiger partial charge >= 0.3 is 0 Å². The molecule has 1 amide bonds. The topological polar surface area (TPSA) is 92.1 Å². The van der Waals surface area contributed by atoms with Crippen LogP contribution in [0.3, 0.4) is 0 Å². The lowest BCUT2D eigenvalue weighted by atomic mass is 9.86. The summed E-state index contributed by atoms with van der Waals surface area (Å²) in [6.07, 6.45) is 10.0. The SMILES string of the molecule is C[C@@H]1CCN(C(=O)Cc2ccncn2)CC1c1ncc2cnc3[nH]ccc3n12. The van der Waals surface area contributed by atoms with Crippen LogP contribution in [0.2, 0.25) is 0 Å². The zero-order valence-electron chi connectivity index (χ0n) is 15.6. The van der Waals surface area contributed by atoms with Crippen LogP contribution in [0, 0.1) is 5.92 Å². The third-order valence-corrected chi connectivity index (χ3v) is 5.71. The third-order valence-electron chi connectivity index (χ3n) is 5.71.